The van der Waals surface area contributed by atoms with Gasteiger partial charge in [-0.05, 0) is 16.8 Å². The third kappa shape index (κ3) is 3.67. The summed E-state index contributed by atoms with van der Waals surface area (Å²) < 4.78 is 0. The van der Waals surface area contributed by atoms with Crippen molar-refractivity contribution in [1.29, 1.82) is 0 Å². The van der Waals surface area contributed by atoms with Crippen LogP contribution in [0.3, 0.4) is 0 Å². The molecule has 12 nitrogen and oxygen atoms in total. The lowest BCUT2D eigenvalue weighted by molar-refractivity contribution is -0.485. The molecule has 104 valence electrons. The molecule has 0 aromatic carbocycles. The molecule has 0 radical (unpaired) electrons. The predicted octanol–water partition coefficient (Wildman–Crippen LogP) is -1.83. The highest BCUT2D eigenvalue weighted by atomic mass is 16.7. The van der Waals surface area contributed by atoms with Gasteiger partial charge in [0, 0.05) is 0 Å². The minimum absolute atomic E-state index is 0.195. The van der Waals surface area contributed by atoms with Crippen LogP contribution in [0.25, 0.3) is 0 Å². The van der Waals surface area contributed by atoms with Gasteiger partial charge in [0.1, 0.15) is 5.10 Å². The maximum atomic E-state index is 12.1. The van der Waals surface area contributed by atoms with Crippen LogP contribution in [0.4, 0.5) is 5.95 Å². The van der Waals surface area contributed by atoms with Crippen LogP contribution in [0.15, 0.2) is 5.10 Å². The minimum atomic E-state index is -1.04. The average molecular weight is 271 g/mol. The second kappa shape index (κ2) is 6.34. The maximum Gasteiger partial charge on any atom is 0.282 e. The van der Waals surface area contributed by atoms with Crippen LogP contribution < -0.4 is 16.4 Å². The molecule has 0 aliphatic rings. The van der Waals surface area contributed by atoms with Gasteiger partial charge in [-0.3, -0.25) is 4.79 Å². The molecule has 0 aliphatic carbocycles. The Kier molecular flexibility index (Phi) is 4.82. The lowest BCUT2D eigenvalue weighted by Gasteiger charge is -2.19. The van der Waals surface area contributed by atoms with Crippen molar-refractivity contribution in [2.45, 2.75) is 25.8 Å². The van der Waals surface area contributed by atoms with Crippen LogP contribution in [-0.4, -0.2) is 43.6 Å². The predicted molar refractivity (Wildman–Crippen MR) is 63.2 cm³/mol. The summed E-state index contributed by atoms with van der Waals surface area (Å²) in [6, 6.07) is -0.893. The Morgan fingerprint density at radius 2 is 2.37 bits per heavy atom. The number of hydrazone groups is 1. The van der Waals surface area contributed by atoms with Crippen molar-refractivity contribution in [1.82, 2.24) is 20.6 Å². The Balaban J connectivity index is 3.07. The Hall–Kier alpha value is -2.63. The zero-order chi connectivity index (χ0) is 14.4. The molecule has 1 atom stereocenters. The molecule has 0 saturated carbocycles. The first-order valence-electron chi connectivity index (χ1n) is 5.29. The van der Waals surface area contributed by atoms with E-state index in [4.69, 9.17) is 11.5 Å². The third-order valence-corrected chi connectivity index (χ3v) is 2.10. The molecular formula is C7H13N9O3. The van der Waals surface area contributed by atoms with Crippen LogP contribution in [0.2, 0.25) is 0 Å². The zero-order valence-electron chi connectivity index (χ0n) is 10.1. The number of carbonyl (C=O) groups excluding carboxylic acids is 1. The van der Waals surface area contributed by atoms with E-state index in [1.165, 1.54) is 0 Å². The largest absolute Gasteiger partial charge is 0.364 e. The summed E-state index contributed by atoms with van der Waals surface area (Å²) in [5, 5.41) is 24.4. The molecule has 0 saturated heterocycles. The molecule has 1 heterocycles. The SMILES string of the molecule is CCCC(N)C(=O)N(C(N)=N[N+](=O)[O-])c1nnn[nH]1. The van der Waals surface area contributed by atoms with Gasteiger partial charge in [-0.15, -0.1) is 0 Å². The fourth-order valence-corrected chi connectivity index (χ4v) is 1.30. The molecular weight excluding hydrogens is 258 g/mol. The Morgan fingerprint density at radius 3 is 2.84 bits per heavy atom. The standard InChI is InChI=1S/C7H13N9O3/c1-2-3-4(8)5(17)15(6(9)12-16(18)19)7-10-13-14-11-7/h4H,2-3,8H2,1H3,(H2,9,12)(H,10,11,13,14). The normalized spacial score (nSPS) is 13.1. The first-order valence-corrected chi connectivity index (χ1v) is 5.29. The first-order chi connectivity index (χ1) is 8.97. The monoisotopic (exact) mass is 271 g/mol. The number of hydrogen-bond donors (Lipinski definition) is 3. The van der Waals surface area contributed by atoms with Crippen molar-refractivity contribution in [2.75, 3.05) is 4.90 Å². The molecule has 12 heteroatoms. The van der Waals surface area contributed by atoms with Gasteiger partial charge in [0.05, 0.1) is 6.04 Å². The van der Waals surface area contributed by atoms with Gasteiger partial charge in [-0.25, -0.2) is 20.1 Å². The lowest BCUT2D eigenvalue weighted by atomic mass is 10.1. The van der Waals surface area contributed by atoms with E-state index in [2.05, 4.69) is 25.7 Å². The number of aromatic nitrogens is 4. The number of nitrogens with one attached hydrogen (secondary N) is 1. The molecule has 19 heavy (non-hydrogen) atoms. The summed E-state index contributed by atoms with van der Waals surface area (Å²) in [6.45, 7) is 1.84. The number of amides is 1. The molecule has 1 amide bonds. The van der Waals surface area contributed by atoms with E-state index < -0.39 is 22.9 Å². The van der Waals surface area contributed by atoms with E-state index in [9.17, 15) is 14.9 Å². The molecule has 5 N–H and O–H groups in total. The number of rotatable bonds is 5. The number of nitrogens with two attached hydrogens (primary N) is 2. The second-order valence-corrected chi connectivity index (χ2v) is 3.49. The smallest absolute Gasteiger partial charge is 0.282 e. The van der Waals surface area contributed by atoms with Crippen molar-refractivity contribution < 1.29 is 9.83 Å². The fraction of sp³-hybridized carbons (Fsp3) is 0.571. The summed E-state index contributed by atoms with van der Waals surface area (Å²) in [5.74, 6) is -1.57. The topological polar surface area (TPSA) is 182 Å². The minimum Gasteiger partial charge on any atom is -0.364 e. The van der Waals surface area contributed by atoms with E-state index >= 15 is 0 Å². The van der Waals surface area contributed by atoms with Crippen LogP contribution in [0, 0.1) is 10.1 Å². The van der Waals surface area contributed by atoms with Crippen LogP contribution in [0.5, 0.6) is 0 Å². The summed E-state index contributed by atoms with van der Waals surface area (Å²) in [7, 11) is 0. The molecule has 0 fully saturated rings. The second-order valence-electron chi connectivity index (χ2n) is 3.49. The van der Waals surface area contributed by atoms with Crippen molar-refractivity contribution in [3.05, 3.63) is 10.1 Å². The van der Waals surface area contributed by atoms with Gasteiger partial charge in [-0.2, -0.15) is 0 Å². The maximum absolute atomic E-state index is 12.1. The summed E-state index contributed by atoms with van der Waals surface area (Å²) in [4.78, 5) is 23.0. The van der Waals surface area contributed by atoms with Crippen LogP contribution in [0.1, 0.15) is 19.8 Å². The number of nitrogens with zero attached hydrogens (tertiary/aromatic N) is 6. The summed E-state index contributed by atoms with van der Waals surface area (Å²) in [6.07, 6.45) is 1.03. The number of nitro groups is 1. The van der Waals surface area contributed by atoms with Gasteiger partial charge in [0.15, 0.2) is 5.03 Å². The van der Waals surface area contributed by atoms with Crippen molar-refractivity contribution in [3.63, 3.8) is 0 Å². The number of H-pyrrole nitrogens is 1. The van der Waals surface area contributed by atoms with E-state index in [1.807, 2.05) is 6.92 Å². The number of tetrazole rings is 1. The van der Waals surface area contributed by atoms with Gasteiger partial charge in [-0.1, -0.05) is 18.4 Å². The molecule has 1 aromatic heterocycles. The lowest BCUT2D eigenvalue weighted by Crippen LogP contribution is -2.50. The molecule has 1 unspecified atom stereocenters. The Labute approximate surface area is 107 Å². The van der Waals surface area contributed by atoms with Gasteiger partial charge >= 0.3 is 0 Å². The molecule has 0 aliphatic heterocycles. The third-order valence-electron chi connectivity index (χ3n) is 2.10. The molecule has 1 aromatic rings. The highest BCUT2D eigenvalue weighted by Gasteiger charge is 2.29. The summed E-state index contributed by atoms with van der Waals surface area (Å²) >= 11 is 0. The molecule has 0 spiro atoms. The van der Waals surface area contributed by atoms with Crippen LogP contribution in [-0.2, 0) is 4.79 Å². The average Bonchev–Trinajstić information content (AvgIpc) is 2.82. The number of hydrogen-bond acceptors (Lipinski definition) is 7. The number of anilines is 1. The van der Waals surface area contributed by atoms with Crippen LogP contribution >= 0.6 is 0 Å². The quantitative estimate of drug-likeness (QED) is 0.241. The van der Waals surface area contributed by atoms with Gasteiger partial charge in [0.2, 0.25) is 0 Å². The van der Waals surface area contributed by atoms with Gasteiger partial charge < -0.3 is 11.5 Å². The van der Waals surface area contributed by atoms with Crippen molar-refractivity contribution in [2.24, 2.45) is 16.6 Å². The number of guanidine groups is 1. The van der Waals surface area contributed by atoms with E-state index in [0.29, 0.717) is 17.7 Å². The van der Waals surface area contributed by atoms with Crippen molar-refractivity contribution in [3.8, 4) is 0 Å². The highest BCUT2D eigenvalue weighted by molar-refractivity contribution is 6.15. The number of carbonyl (C=O) groups is 1. The molecule has 0 bridgehead atoms. The van der Waals surface area contributed by atoms with Crippen molar-refractivity contribution >= 4 is 17.8 Å². The number of aromatic amines is 1. The first kappa shape index (κ1) is 14.4. The van der Waals surface area contributed by atoms with E-state index in [-0.39, 0.29) is 5.95 Å². The zero-order valence-corrected chi connectivity index (χ0v) is 10.1. The van der Waals surface area contributed by atoms with Gasteiger partial charge in [0.25, 0.3) is 17.8 Å². The summed E-state index contributed by atoms with van der Waals surface area (Å²) in [5.41, 5.74) is 11.0. The fourth-order valence-electron chi connectivity index (χ4n) is 1.30. The van der Waals surface area contributed by atoms with E-state index in [1.54, 1.807) is 0 Å². The van der Waals surface area contributed by atoms with E-state index in [0.717, 1.165) is 0 Å². The molecule has 1 rings (SSSR count). The Bertz CT molecular complexity index is 470. The highest BCUT2D eigenvalue weighted by Crippen LogP contribution is 2.08. The Morgan fingerprint density at radius 1 is 1.68 bits per heavy atom.